The van der Waals surface area contributed by atoms with Crippen LogP contribution in [0.5, 0.6) is 0 Å². The number of carboxylic acid groups (broad SMARTS) is 1. The van der Waals surface area contributed by atoms with Crippen molar-refractivity contribution in [1.82, 2.24) is 5.32 Å². The van der Waals surface area contributed by atoms with E-state index in [1.165, 1.54) is 24.3 Å². The van der Waals surface area contributed by atoms with Crippen molar-refractivity contribution in [3.05, 3.63) is 46.7 Å². The molecule has 0 amide bonds. The van der Waals surface area contributed by atoms with Crippen molar-refractivity contribution in [3.8, 4) is 6.07 Å². The number of nitrogens with one attached hydrogen (secondary N) is 1. The lowest BCUT2D eigenvalue weighted by Gasteiger charge is -2.49. The maximum atomic E-state index is 13.7. The Morgan fingerprint density at radius 1 is 1.37 bits per heavy atom. The van der Waals surface area contributed by atoms with Gasteiger partial charge < -0.3 is 20.3 Å². The zero-order chi connectivity index (χ0) is 20.0. The van der Waals surface area contributed by atoms with Crippen LogP contribution in [0.1, 0.15) is 36.3 Å². The van der Waals surface area contributed by atoms with E-state index in [2.05, 4.69) is 0 Å². The molecule has 0 spiro atoms. The van der Waals surface area contributed by atoms with Crippen LogP contribution in [-0.4, -0.2) is 28.8 Å². The maximum absolute atomic E-state index is 13.7. The van der Waals surface area contributed by atoms with Gasteiger partial charge in [0.05, 0.1) is 23.5 Å². The molecule has 1 aliphatic carbocycles. The number of carbonyl (C=O) groups is 2. The first-order chi connectivity index (χ1) is 12.6. The van der Waals surface area contributed by atoms with E-state index in [1.54, 1.807) is 0 Å². The summed E-state index contributed by atoms with van der Waals surface area (Å²) in [6.45, 7) is 0. The van der Waals surface area contributed by atoms with Crippen LogP contribution >= 0.6 is 0 Å². The van der Waals surface area contributed by atoms with Gasteiger partial charge in [-0.3, -0.25) is 4.79 Å². The molecule has 0 aromatic heterocycles. The van der Waals surface area contributed by atoms with E-state index in [4.69, 9.17) is 5.26 Å². The second-order valence-corrected chi connectivity index (χ2v) is 6.57. The van der Waals surface area contributed by atoms with Crippen LogP contribution < -0.4 is 10.4 Å². The van der Waals surface area contributed by atoms with Gasteiger partial charge in [-0.2, -0.15) is 18.4 Å². The van der Waals surface area contributed by atoms with Crippen molar-refractivity contribution in [2.45, 2.75) is 37.1 Å². The van der Waals surface area contributed by atoms with E-state index >= 15 is 0 Å². The summed E-state index contributed by atoms with van der Waals surface area (Å²) in [7, 11) is 0. The average molecular weight is 379 g/mol. The van der Waals surface area contributed by atoms with Gasteiger partial charge in [-0.05, 0) is 30.5 Å². The number of nitriles is 1. The summed E-state index contributed by atoms with van der Waals surface area (Å²) in [6, 6.07) is 7.14. The van der Waals surface area contributed by atoms with Gasteiger partial charge in [0, 0.05) is 23.6 Å². The third-order valence-corrected chi connectivity index (χ3v) is 4.95. The van der Waals surface area contributed by atoms with E-state index in [9.17, 15) is 33.0 Å². The predicted octanol–water partition coefficient (Wildman–Crippen LogP) is 0.869. The largest absolute Gasteiger partial charge is 0.550 e. The van der Waals surface area contributed by atoms with Crippen LogP contribution in [0.2, 0.25) is 0 Å². The smallest absolute Gasteiger partial charge is 0.437 e. The van der Waals surface area contributed by atoms with Gasteiger partial charge in [0.2, 0.25) is 5.72 Å². The summed E-state index contributed by atoms with van der Waals surface area (Å²) < 4.78 is 41.0. The molecule has 3 rings (SSSR count). The summed E-state index contributed by atoms with van der Waals surface area (Å²) in [5.41, 5.74) is -3.94. The van der Waals surface area contributed by atoms with Gasteiger partial charge >= 0.3 is 6.18 Å². The molecule has 2 N–H and O–H groups in total. The number of ketones is 1. The number of aliphatic carboxylic acids is 1. The first kappa shape index (κ1) is 18.9. The van der Waals surface area contributed by atoms with Crippen LogP contribution in [0.15, 0.2) is 35.5 Å². The minimum absolute atomic E-state index is 0.0233. The molecule has 0 radical (unpaired) electrons. The number of benzene rings is 1. The number of aliphatic hydroxyl groups is 1. The lowest BCUT2D eigenvalue weighted by atomic mass is 9.68. The Morgan fingerprint density at radius 3 is 2.67 bits per heavy atom. The number of nitrogens with zero attached hydrogens (tertiary/aromatic N) is 1. The summed E-state index contributed by atoms with van der Waals surface area (Å²) >= 11 is 0. The molecule has 3 unspecified atom stereocenters. The fraction of sp³-hybridized carbons (Fsp3) is 0.389. The fourth-order valence-electron chi connectivity index (χ4n) is 3.78. The van der Waals surface area contributed by atoms with E-state index in [0.29, 0.717) is 0 Å². The highest BCUT2D eigenvalue weighted by molar-refractivity contribution is 5.99. The zero-order valence-electron chi connectivity index (χ0n) is 13.8. The van der Waals surface area contributed by atoms with Crippen LogP contribution in [0.4, 0.5) is 13.2 Å². The maximum Gasteiger partial charge on any atom is 0.437 e. The molecular formula is C18H14F3N2O4-. The number of carboxylic acids is 1. The Kier molecular flexibility index (Phi) is 4.48. The topological polar surface area (TPSA) is 113 Å². The van der Waals surface area contributed by atoms with Gasteiger partial charge in [0.25, 0.3) is 0 Å². The van der Waals surface area contributed by atoms with E-state index in [-0.39, 0.29) is 41.7 Å². The van der Waals surface area contributed by atoms with Gasteiger partial charge in [-0.15, -0.1) is 0 Å². The Morgan fingerprint density at radius 2 is 2.07 bits per heavy atom. The third-order valence-electron chi connectivity index (χ3n) is 4.95. The fourth-order valence-corrected chi connectivity index (χ4v) is 3.78. The molecule has 27 heavy (non-hydrogen) atoms. The van der Waals surface area contributed by atoms with Crippen LogP contribution in [0, 0.1) is 17.2 Å². The lowest BCUT2D eigenvalue weighted by Crippen LogP contribution is -2.69. The quantitative estimate of drug-likeness (QED) is 0.788. The first-order valence-corrected chi connectivity index (χ1v) is 8.14. The number of Topliss-reactive ketones (excluding diaryl/α,β-unsaturated/α-hetero) is 1. The molecule has 1 aromatic rings. The monoisotopic (exact) mass is 379 g/mol. The first-order valence-electron chi connectivity index (χ1n) is 8.14. The molecule has 0 saturated carbocycles. The summed E-state index contributed by atoms with van der Waals surface area (Å²) in [6.07, 6.45) is -4.95. The van der Waals surface area contributed by atoms with Gasteiger partial charge in [-0.25, -0.2) is 0 Å². The zero-order valence-corrected chi connectivity index (χ0v) is 13.8. The molecule has 3 atom stereocenters. The standard InChI is InChI=1S/C18H15F3N2O4/c19-18(20,21)17(27)15(16(25)26)13(10-4-1-3-9(7-10)8-22)14-11(23-17)5-2-6-12(14)24/h1,3-4,7,13,15,23,27H,2,5-6H2,(H,25,26)/p-1. The highest BCUT2D eigenvalue weighted by atomic mass is 19.4. The predicted molar refractivity (Wildman–Crippen MR) is 82.4 cm³/mol. The molecule has 9 heteroatoms. The molecule has 2 aliphatic rings. The Labute approximate surface area is 151 Å². The SMILES string of the molecule is N#Cc1cccc(C2C3=C(CCCC3=O)NC(O)(C(F)(F)F)C2C(=O)[O-])c1. The van der Waals surface area contributed by atoms with Crippen molar-refractivity contribution in [2.24, 2.45) is 5.92 Å². The van der Waals surface area contributed by atoms with Crippen LogP contribution in [-0.2, 0) is 9.59 Å². The van der Waals surface area contributed by atoms with E-state index < -0.39 is 35.5 Å². The second-order valence-electron chi connectivity index (χ2n) is 6.57. The number of alkyl halides is 3. The minimum atomic E-state index is -5.35. The summed E-state index contributed by atoms with van der Waals surface area (Å²) in [5.74, 6) is -6.75. The molecule has 6 nitrogen and oxygen atoms in total. The van der Waals surface area contributed by atoms with E-state index in [0.717, 1.165) is 0 Å². The molecular weight excluding hydrogens is 365 g/mol. The highest BCUT2D eigenvalue weighted by Crippen LogP contribution is 2.50. The number of rotatable bonds is 2. The molecule has 1 aromatic carbocycles. The van der Waals surface area contributed by atoms with Crippen molar-refractivity contribution in [2.75, 3.05) is 0 Å². The Balaban J connectivity index is 2.31. The van der Waals surface area contributed by atoms with E-state index in [1.807, 2.05) is 11.4 Å². The number of hydrogen-bond donors (Lipinski definition) is 2. The molecule has 1 heterocycles. The Hall–Kier alpha value is -2.86. The molecule has 0 saturated heterocycles. The van der Waals surface area contributed by atoms with Crippen molar-refractivity contribution in [3.63, 3.8) is 0 Å². The van der Waals surface area contributed by atoms with Crippen molar-refractivity contribution < 1.29 is 33.0 Å². The molecule has 1 aliphatic heterocycles. The number of halogens is 3. The van der Waals surface area contributed by atoms with Crippen molar-refractivity contribution in [1.29, 1.82) is 5.26 Å². The minimum Gasteiger partial charge on any atom is -0.550 e. The highest BCUT2D eigenvalue weighted by Gasteiger charge is 2.64. The summed E-state index contributed by atoms with van der Waals surface area (Å²) in [5, 5.41) is 33.0. The normalized spacial score (nSPS) is 28.2. The lowest BCUT2D eigenvalue weighted by molar-refractivity contribution is -0.342. The van der Waals surface area contributed by atoms with Gasteiger partial charge in [0.1, 0.15) is 0 Å². The van der Waals surface area contributed by atoms with Crippen LogP contribution in [0.25, 0.3) is 0 Å². The Bertz CT molecular complexity index is 887. The summed E-state index contributed by atoms with van der Waals surface area (Å²) in [4.78, 5) is 24.2. The third kappa shape index (κ3) is 2.96. The average Bonchev–Trinajstić information content (AvgIpc) is 2.59. The van der Waals surface area contributed by atoms with Crippen molar-refractivity contribution >= 4 is 11.8 Å². The van der Waals surface area contributed by atoms with Gasteiger partial charge in [0.15, 0.2) is 5.78 Å². The van der Waals surface area contributed by atoms with Crippen LogP contribution in [0.3, 0.4) is 0 Å². The van der Waals surface area contributed by atoms with Gasteiger partial charge in [-0.1, -0.05) is 12.1 Å². The number of hydrogen-bond acceptors (Lipinski definition) is 6. The second kappa shape index (κ2) is 6.39. The number of carbonyl (C=O) groups excluding carboxylic acids is 2. The number of allylic oxidation sites excluding steroid dienone is 2. The molecule has 142 valence electrons. The molecule has 0 fully saturated rings. The molecule has 0 bridgehead atoms.